The van der Waals surface area contributed by atoms with E-state index in [4.69, 9.17) is 0 Å². The van der Waals surface area contributed by atoms with Crippen molar-refractivity contribution in [1.29, 1.82) is 0 Å². The summed E-state index contributed by atoms with van der Waals surface area (Å²) < 4.78 is 133. The van der Waals surface area contributed by atoms with Crippen LogP contribution in [0.3, 0.4) is 0 Å². The molecule has 0 aromatic heterocycles. The molecule has 0 aliphatic carbocycles. The van der Waals surface area contributed by atoms with Gasteiger partial charge in [-0.2, -0.15) is 8.78 Å². The van der Waals surface area contributed by atoms with Gasteiger partial charge >= 0.3 is 6.11 Å². The van der Waals surface area contributed by atoms with Gasteiger partial charge in [-0.25, -0.2) is 30.7 Å². The fourth-order valence-electron chi connectivity index (χ4n) is 4.66. The van der Waals surface area contributed by atoms with Crippen LogP contribution in [0.15, 0.2) is 72.8 Å². The number of hydrogen-bond donors (Lipinski definition) is 0. The third-order valence-electron chi connectivity index (χ3n) is 6.74. The normalized spacial score (nSPS) is 11.8. The Labute approximate surface area is 233 Å². The molecule has 0 amide bonds. The molecule has 0 N–H and O–H groups in total. The van der Waals surface area contributed by atoms with Gasteiger partial charge < -0.3 is 4.74 Å². The van der Waals surface area contributed by atoms with Gasteiger partial charge in [0.15, 0.2) is 29.1 Å². The van der Waals surface area contributed by atoms with Crippen LogP contribution in [0.25, 0.3) is 33.0 Å². The van der Waals surface area contributed by atoms with Crippen LogP contribution < -0.4 is 4.74 Å². The Balaban J connectivity index is 1.43. The molecule has 10 heteroatoms. The van der Waals surface area contributed by atoms with Crippen molar-refractivity contribution in [3.8, 4) is 28.0 Å². The van der Waals surface area contributed by atoms with Gasteiger partial charge in [0.1, 0.15) is 17.4 Å². The molecule has 5 aromatic rings. The van der Waals surface area contributed by atoms with E-state index in [2.05, 4.69) is 4.74 Å². The lowest BCUT2D eigenvalue weighted by Gasteiger charge is -2.19. The minimum Gasteiger partial charge on any atom is -0.429 e. The van der Waals surface area contributed by atoms with Gasteiger partial charge in [-0.05, 0) is 52.3 Å². The molecular formula is C32H19F9O. The molecule has 5 aromatic carbocycles. The van der Waals surface area contributed by atoms with E-state index < -0.39 is 63.5 Å². The quantitative estimate of drug-likeness (QED) is 0.135. The van der Waals surface area contributed by atoms with Gasteiger partial charge in [0.05, 0.1) is 10.9 Å². The summed E-state index contributed by atoms with van der Waals surface area (Å²) in [7, 11) is 0. The molecule has 0 saturated heterocycles. The Morgan fingerprint density at radius 3 is 1.83 bits per heavy atom. The lowest BCUT2D eigenvalue weighted by Crippen LogP contribution is -2.23. The Hall–Kier alpha value is -4.47. The van der Waals surface area contributed by atoms with E-state index in [1.165, 1.54) is 42.5 Å². The maximum atomic E-state index is 15.0. The average molecular weight is 590 g/mol. The van der Waals surface area contributed by atoms with Gasteiger partial charge in [0.25, 0.3) is 0 Å². The van der Waals surface area contributed by atoms with Gasteiger partial charge in [-0.3, -0.25) is 0 Å². The minimum atomic E-state index is -4.38. The lowest BCUT2D eigenvalue weighted by molar-refractivity contribution is -0.187. The molecule has 0 heterocycles. The Kier molecular flexibility index (Phi) is 7.66. The minimum absolute atomic E-state index is 0.133. The molecule has 0 aliphatic heterocycles. The molecular weight excluding hydrogens is 571 g/mol. The highest BCUT2D eigenvalue weighted by molar-refractivity contribution is 5.89. The van der Waals surface area contributed by atoms with Gasteiger partial charge in [-0.15, -0.1) is 0 Å². The highest BCUT2D eigenvalue weighted by Crippen LogP contribution is 2.37. The zero-order valence-electron chi connectivity index (χ0n) is 21.7. The monoisotopic (exact) mass is 590 g/mol. The van der Waals surface area contributed by atoms with E-state index in [1.54, 1.807) is 0 Å². The first-order chi connectivity index (χ1) is 19.9. The molecule has 0 fully saturated rings. The molecule has 216 valence electrons. The predicted octanol–water partition coefficient (Wildman–Crippen LogP) is 10.2. The summed E-state index contributed by atoms with van der Waals surface area (Å²) in [5, 5.41) is -0.276. The number of fused-ring (bicyclic) bond motifs is 1. The van der Waals surface area contributed by atoms with Crippen molar-refractivity contribution in [3.63, 3.8) is 0 Å². The van der Waals surface area contributed by atoms with Crippen molar-refractivity contribution in [1.82, 2.24) is 0 Å². The molecule has 0 aliphatic rings. The highest BCUT2D eigenvalue weighted by atomic mass is 19.3. The molecule has 1 nitrogen and oxygen atoms in total. The van der Waals surface area contributed by atoms with Crippen molar-refractivity contribution < 1.29 is 44.3 Å². The SMILES string of the molecule is CCCc1ccc2cc(-c3ccc(-c4ccc(C(F)(F)Oc5cc(F)c(F)c(F)c5)c(F)c4)cc3)c(F)c(F)c2c1F. The van der Waals surface area contributed by atoms with Crippen LogP contribution in [0.1, 0.15) is 24.5 Å². The number of halogens is 9. The molecule has 0 unspecified atom stereocenters. The van der Waals surface area contributed by atoms with Crippen molar-refractivity contribution in [2.75, 3.05) is 0 Å². The topological polar surface area (TPSA) is 9.23 Å². The van der Waals surface area contributed by atoms with E-state index >= 15 is 4.39 Å². The van der Waals surface area contributed by atoms with E-state index in [-0.39, 0.29) is 39.8 Å². The van der Waals surface area contributed by atoms with Crippen LogP contribution in [0.5, 0.6) is 5.75 Å². The van der Waals surface area contributed by atoms with Crippen molar-refractivity contribution in [3.05, 3.63) is 125 Å². The number of hydrogen-bond acceptors (Lipinski definition) is 1. The summed E-state index contributed by atoms with van der Waals surface area (Å²) in [6.07, 6.45) is -3.39. The summed E-state index contributed by atoms with van der Waals surface area (Å²) in [5.41, 5.74) is -0.425. The molecule has 42 heavy (non-hydrogen) atoms. The van der Waals surface area contributed by atoms with E-state index in [1.807, 2.05) is 6.92 Å². The fourth-order valence-corrected chi connectivity index (χ4v) is 4.66. The average Bonchev–Trinajstić information content (AvgIpc) is 2.94. The first-order valence-electron chi connectivity index (χ1n) is 12.6. The summed E-state index contributed by atoms with van der Waals surface area (Å²) in [6, 6.07) is 13.0. The second-order valence-electron chi connectivity index (χ2n) is 9.53. The number of rotatable bonds is 7. The first-order valence-corrected chi connectivity index (χ1v) is 12.6. The van der Waals surface area contributed by atoms with Crippen LogP contribution in [-0.4, -0.2) is 0 Å². The van der Waals surface area contributed by atoms with Crippen LogP contribution >= 0.6 is 0 Å². The third kappa shape index (κ3) is 5.29. The highest BCUT2D eigenvalue weighted by Gasteiger charge is 2.38. The smallest absolute Gasteiger partial charge is 0.429 e. The maximum Gasteiger partial charge on any atom is 0.429 e. The van der Waals surface area contributed by atoms with E-state index in [9.17, 15) is 35.1 Å². The second kappa shape index (κ2) is 11.1. The summed E-state index contributed by atoms with van der Waals surface area (Å²) in [5.74, 6) is -11.3. The summed E-state index contributed by atoms with van der Waals surface area (Å²) >= 11 is 0. The number of alkyl halides is 2. The molecule has 0 spiro atoms. The Morgan fingerprint density at radius 2 is 1.21 bits per heavy atom. The van der Waals surface area contributed by atoms with Gasteiger partial charge in [0, 0.05) is 17.7 Å². The van der Waals surface area contributed by atoms with E-state index in [0.29, 0.717) is 24.5 Å². The van der Waals surface area contributed by atoms with Crippen LogP contribution in [0.2, 0.25) is 0 Å². The number of aryl methyl sites for hydroxylation is 1. The van der Waals surface area contributed by atoms with Crippen LogP contribution in [0, 0.1) is 40.7 Å². The van der Waals surface area contributed by atoms with Crippen molar-refractivity contribution >= 4 is 10.8 Å². The predicted molar refractivity (Wildman–Crippen MR) is 139 cm³/mol. The molecule has 0 atom stereocenters. The van der Waals surface area contributed by atoms with Gasteiger partial charge in [-0.1, -0.05) is 55.8 Å². The van der Waals surface area contributed by atoms with Crippen LogP contribution in [0.4, 0.5) is 39.5 Å². The summed E-state index contributed by atoms with van der Waals surface area (Å²) in [4.78, 5) is 0. The molecule has 0 saturated carbocycles. The molecule has 0 radical (unpaired) electrons. The van der Waals surface area contributed by atoms with Gasteiger partial charge in [0.2, 0.25) is 0 Å². The van der Waals surface area contributed by atoms with Crippen LogP contribution in [-0.2, 0) is 12.5 Å². The summed E-state index contributed by atoms with van der Waals surface area (Å²) in [6.45, 7) is 1.84. The Bertz CT molecular complexity index is 1790. The molecule has 0 bridgehead atoms. The zero-order valence-corrected chi connectivity index (χ0v) is 21.7. The number of benzene rings is 5. The largest absolute Gasteiger partial charge is 0.429 e. The zero-order chi connectivity index (χ0) is 30.3. The Morgan fingerprint density at radius 1 is 0.595 bits per heavy atom. The third-order valence-corrected chi connectivity index (χ3v) is 6.74. The molecule has 5 rings (SSSR count). The fraction of sp³-hybridized carbons (Fsp3) is 0.125. The number of ether oxygens (including phenoxy) is 1. The maximum absolute atomic E-state index is 15.0. The van der Waals surface area contributed by atoms with E-state index in [0.717, 1.165) is 12.1 Å². The lowest BCUT2D eigenvalue weighted by atomic mass is 9.95. The standard InChI is InChI=1S/C32H19F9O/c1-2-3-18-8-9-20-12-22(29(37)31(39)27(20)28(18)36)17-6-4-16(5-7-17)19-10-11-23(24(33)13-19)32(40,41)42-21-14-25(34)30(38)26(35)15-21/h4-15H,2-3H2,1H3. The second-order valence-corrected chi connectivity index (χ2v) is 9.53. The first kappa shape index (κ1) is 29.0. The van der Waals surface area contributed by atoms with Crippen molar-refractivity contribution in [2.24, 2.45) is 0 Å². The van der Waals surface area contributed by atoms with Crippen molar-refractivity contribution in [2.45, 2.75) is 25.9 Å².